The van der Waals surface area contributed by atoms with E-state index in [9.17, 15) is 9.59 Å². The van der Waals surface area contributed by atoms with Crippen LogP contribution in [0, 0.1) is 11.3 Å². The van der Waals surface area contributed by atoms with Crippen molar-refractivity contribution < 1.29 is 19.1 Å². The standard InChI is InChI=1S/C18H22O4/c1-4-15-16(5-2)22-18(21-15)8-6-7-13-9-14(20)12(11-19)10-17(13,18)3/h4-5,9,11-12,15-16H,1-2,6-8,10H2,3H3/t12?,15-,16-,17+/m1/s1. The summed E-state index contributed by atoms with van der Waals surface area (Å²) in [5, 5.41) is 0. The second-order valence-corrected chi connectivity index (χ2v) is 6.59. The monoisotopic (exact) mass is 302 g/mol. The predicted octanol–water partition coefficient (Wildman–Crippen LogP) is 2.74. The Hall–Kier alpha value is -1.52. The van der Waals surface area contributed by atoms with Gasteiger partial charge in [-0.05, 0) is 25.3 Å². The molecule has 1 saturated carbocycles. The zero-order chi connectivity index (χ0) is 16.0. The van der Waals surface area contributed by atoms with E-state index in [0.717, 1.165) is 31.1 Å². The zero-order valence-corrected chi connectivity index (χ0v) is 12.9. The number of rotatable bonds is 3. The average Bonchev–Trinajstić information content (AvgIpc) is 2.89. The number of aldehydes is 1. The van der Waals surface area contributed by atoms with Crippen molar-refractivity contribution in [2.24, 2.45) is 11.3 Å². The maximum Gasteiger partial charge on any atom is 0.179 e. The number of ketones is 1. The highest BCUT2D eigenvalue weighted by molar-refractivity contribution is 6.02. The van der Waals surface area contributed by atoms with Crippen LogP contribution in [-0.2, 0) is 19.1 Å². The molecule has 1 saturated heterocycles. The van der Waals surface area contributed by atoms with Gasteiger partial charge in [-0.25, -0.2) is 0 Å². The van der Waals surface area contributed by atoms with Crippen LogP contribution in [0.2, 0.25) is 0 Å². The van der Waals surface area contributed by atoms with Crippen LogP contribution in [0.4, 0.5) is 0 Å². The molecule has 0 aromatic rings. The molecule has 1 aliphatic heterocycles. The first kappa shape index (κ1) is 15.4. The van der Waals surface area contributed by atoms with Crippen LogP contribution in [0.25, 0.3) is 0 Å². The highest BCUT2D eigenvalue weighted by Crippen LogP contribution is 2.58. The number of allylic oxidation sites excluding steroid dienone is 1. The molecule has 118 valence electrons. The van der Waals surface area contributed by atoms with E-state index in [1.54, 1.807) is 18.2 Å². The fraction of sp³-hybridized carbons (Fsp3) is 0.556. The second-order valence-electron chi connectivity index (χ2n) is 6.59. The van der Waals surface area contributed by atoms with Crippen LogP contribution in [-0.4, -0.2) is 30.1 Å². The third-order valence-corrected chi connectivity index (χ3v) is 5.42. The minimum absolute atomic E-state index is 0.0990. The molecule has 3 rings (SSSR count). The number of carbonyl (C=O) groups excluding carboxylic acids is 2. The molecule has 0 N–H and O–H groups in total. The van der Waals surface area contributed by atoms with E-state index in [1.165, 1.54) is 0 Å². The van der Waals surface area contributed by atoms with E-state index in [2.05, 4.69) is 13.2 Å². The van der Waals surface area contributed by atoms with E-state index in [1.807, 2.05) is 6.92 Å². The third kappa shape index (κ3) is 1.97. The fourth-order valence-corrected chi connectivity index (χ4v) is 4.10. The second kappa shape index (κ2) is 5.28. The maximum atomic E-state index is 12.0. The first-order valence-electron chi connectivity index (χ1n) is 7.80. The number of hydrogen-bond donors (Lipinski definition) is 0. The molecule has 4 nitrogen and oxygen atoms in total. The Kier molecular flexibility index (Phi) is 3.69. The summed E-state index contributed by atoms with van der Waals surface area (Å²) in [6, 6.07) is 0. The van der Waals surface area contributed by atoms with Gasteiger partial charge in [-0.15, -0.1) is 13.2 Å². The lowest BCUT2D eigenvalue weighted by molar-refractivity contribution is -0.247. The topological polar surface area (TPSA) is 52.6 Å². The Morgan fingerprint density at radius 3 is 2.45 bits per heavy atom. The molecule has 2 aliphatic carbocycles. The Morgan fingerprint density at radius 1 is 1.27 bits per heavy atom. The van der Waals surface area contributed by atoms with Crippen molar-refractivity contribution in [2.75, 3.05) is 0 Å². The number of fused-ring (bicyclic) bond motifs is 2. The lowest BCUT2D eigenvalue weighted by Gasteiger charge is -2.52. The van der Waals surface area contributed by atoms with Crippen LogP contribution in [0.5, 0.6) is 0 Å². The molecule has 0 aromatic carbocycles. The minimum Gasteiger partial charge on any atom is -0.339 e. The Bertz CT molecular complexity index is 545. The smallest absolute Gasteiger partial charge is 0.179 e. The van der Waals surface area contributed by atoms with E-state index in [-0.39, 0.29) is 18.0 Å². The van der Waals surface area contributed by atoms with Crippen molar-refractivity contribution in [1.29, 1.82) is 0 Å². The highest BCUT2D eigenvalue weighted by Gasteiger charge is 2.61. The Balaban J connectivity index is 2.04. The highest BCUT2D eigenvalue weighted by atomic mass is 16.8. The summed E-state index contributed by atoms with van der Waals surface area (Å²) in [5.41, 5.74) is 0.568. The fourth-order valence-electron chi connectivity index (χ4n) is 4.10. The molecule has 0 amide bonds. The third-order valence-electron chi connectivity index (χ3n) is 5.42. The summed E-state index contributed by atoms with van der Waals surface area (Å²) in [5.74, 6) is -1.52. The van der Waals surface area contributed by atoms with Gasteiger partial charge in [-0.2, -0.15) is 0 Å². The molecule has 4 atom stereocenters. The van der Waals surface area contributed by atoms with Crippen LogP contribution in [0.3, 0.4) is 0 Å². The van der Waals surface area contributed by atoms with E-state index in [4.69, 9.17) is 9.47 Å². The van der Waals surface area contributed by atoms with Gasteiger partial charge in [0.05, 0.1) is 5.92 Å². The van der Waals surface area contributed by atoms with E-state index >= 15 is 0 Å². The van der Waals surface area contributed by atoms with Crippen molar-refractivity contribution in [2.45, 2.75) is 50.6 Å². The molecule has 1 unspecified atom stereocenters. The van der Waals surface area contributed by atoms with Crippen LogP contribution >= 0.6 is 0 Å². The normalized spacial score (nSPS) is 40.0. The molecule has 0 aromatic heterocycles. The maximum absolute atomic E-state index is 12.0. The molecular weight excluding hydrogens is 280 g/mol. The molecule has 3 aliphatic rings. The summed E-state index contributed by atoms with van der Waals surface area (Å²) in [4.78, 5) is 23.3. The molecule has 1 heterocycles. The van der Waals surface area contributed by atoms with Crippen LogP contribution in [0.1, 0.15) is 32.6 Å². The van der Waals surface area contributed by atoms with Crippen molar-refractivity contribution >= 4 is 12.1 Å². The van der Waals surface area contributed by atoms with Gasteiger partial charge < -0.3 is 14.3 Å². The quantitative estimate of drug-likeness (QED) is 0.457. The van der Waals surface area contributed by atoms with Gasteiger partial charge in [-0.1, -0.05) is 24.6 Å². The molecule has 22 heavy (non-hydrogen) atoms. The average molecular weight is 302 g/mol. The van der Waals surface area contributed by atoms with Gasteiger partial charge in [0, 0.05) is 11.8 Å². The zero-order valence-electron chi connectivity index (χ0n) is 12.9. The molecule has 2 fully saturated rings. The van der Waals surface area contributed by atoms with Crippen LogP contribution in [0.15, 0.2) is 37.0 Å². The summed E-state index contributed by atoms with van der Waals surface area (Å²) in [6.45, 7) is 9.67. The van der Waals surface area contributed by atoms with E-state index in [0.29, 0.717) is 6.42 Å². The van der Waals surface area contributed by atoms with Gasteiger partial charge in [0.2, 0.25) is 0 Å². The Labute approximate surface area is 130 Å². The van der Waals surface area contributed by atoms with Gasteiger partial charge in [0.1, 0.15) is 18.5 Å². The Morgan fingerprint density at radius 2 is 1.91 bits per heavy atom. The lowest BCUT2D eigenvalue weighted by atomic mass is 9.60. The first-order chi connectivity index (χ1) is 10.5. The van der Waals surface area contributed by atoms with E-state index < -0.39 is 17.1 Å². The van der Waals surface area contributed by atoms with Crippen molar-refractivity contribution in [3.63, 3.8) is 0 Å². The summed E-state index contributed by atoms with van der Waals surface area (Å²) >= 11 is 0. The summed E-state index contributed by atoms with van der Waals surface area (Å²) in [7, 11) is 0. The van der Waals surface area contributed by atoms with Crippen molar-refractivity contribution in [3.05, 3.63) is 37.0 Å². The first-order valence-corrected chi connectivity index (χ1v) is 7.80. The molecule has 4 heteroatoms. The summed E-state index contributed by atoms with van der Waals surface area (Å²) in [6.07, 6.45) is 8.27. The minimum atomic E-state index is -0.809. The predicted molar refractivity (Wildman–Crippen MR) is 82.1 cm³/mol. The summed E-state index contributed by atoms with van der Waals surface area (Å²) < 4.78 is 12.5. The SMILES string of the molecule is C=C[C@H]1OC2(CCCC3=CC(=O)C(C=O)C[C@@]32C)O[C@@H]1C=C. The van der Waals surface area contributed by atoms with Crippen molar-refractivity contribution in [3.8, 4) is 0 Å². The molecule has 1 spiro atoms. The molecule has 0 bridgehead atoms. The van der Waals surface area contributed by atoms with Gasteiger partial charge in [0.25, 0.3) is 0 Å². The number of hydrogen-bond acceptors (Lipinski definition) is 4. The molecule has 0 radical (unpaired) electrons. The molecular formula is C18H22O4. The lowest BCUT2D eigenvalue weighted by Crippen LogP contribution is -2.54. The van der Waals surface area contributed by atoms with Gasteiger partial charge in [0.15, 0.2) is 11.6 Å². The number of ether oxygens (including phenoxy) is 2. The van der Waals surface area contributed by atoms with Crippen LogP contribution < -0.4 is 0 Å². The number of carbonyl (C=O) groups is 2. The van der Waals surface area contributed by atoms with Crippen molar-refractivity contribution in [1.82, 2.24) is 0 Å². The van der Waals surface area contributed by atoms with Gasteiger partial charge >= 0.3 is 0 Å². The largest absolute Gasteiger partial charge is 0.339 e. The van der Waals surface area contributed by atoms with Gasteiger partial charge in [-0.3, -0.25) is 4.79 Å².